The van der Waals surface area contributed by atoms with E-state index in [2.05, 4.69) is 34.6 Å². The number of rotatable bonds is 9. The number of amides is 1. The van der Waals surface area contributed by atoms with Crippen molar-refractivity contribution in [3.05, 3.63) is 65.0 Å². The first-order valence-electron chi connectivity index (χ1n) is 9.97. The minimum absolute atomic E-state index is 0.0508. The summed E-state index contributed by atoms with van der Waals surface area (Å²) in [6.45, 7) is 4.11. The van der Waals surface area contributed by atoms with Crippen molar-refractivity contribution in [1.29, 1.82) is 0 Å². The number of carbonyl (C=O) groups is 1. The maximum Gasteiger partial charge on any atom is 0.234 e. The second kappa shape index (κ2) is 10.3. The van der Waals surface area contributed by atoms with E-state index in [0.717, 1.165) is 47.2 Å². The molecule has 7 heteroatoms. The van der Waals surface area contributed by atoms with Gasteiger partial charge in [0.25, 0.3) is 0 Å². The summed E-state index contributed by atoms with van der Waals surface area (Å²) in [7, 11) is 3.64. The zero-order chi connectivity index (χ0) is 21.5. The summed E-state index contributed by atoms with van der Waals surface area (Å²) in [5, 5.41) is 12.2. The SMILES string of the molecule is COc1ccc(CCCc2nnc(SCC(=O)Nc3cccc(C)c3)n2C)c(C)c1. The largest absolute Gasteiger partial charge is 0.497 e. The highest BCUT2D eigenvalue weighted by atomic mass is 32.2. The summed E-state index contributed by atoms with van der Waals surface area (Å²) >= 11 is 1.40. The van der Waals surface area contributed by atoms with Gasteiger partial charge in [-0.15, -0.1) is 10.2 Å². The standard InChI is InChI=1S/C23H28N4O2S/c1-16-7-5-9-19(13-16)24-22(28)15-30-23-26-25-21(27(23)3)10-6-8-18-11-12-20(29-4)14-17(18)2/h5,7,9,11-14H,6,8,10,15H2,1-4H3,(H,24,28). The van der Waals surface area contributed by atoms with Crippen LogP contribution in [-0.4, -0.2) is 33.5 Å². The van der Waals surface area contributed by atoms with E-state index in [1.54, 1.807) is 7.11 Å². The number of anilines is 1. The Morgan fingerprint density at radius 2 is 1.97 bits per heavy atom. The second-order valence-corrected chi connectivity index (χ2v) is 8.25. The van der Waals surface area contributed by atoms with E-state index in [1.165, 1.54) is 22.9 Å². The normalized spacial score (nSPS) is 10.8. The Hall–Kier alpha value is -2.80. The van der Waals surface area contributed by atoms with Crippen molar-refractivity contribution >= 4 is 23.4 Å². The van der Waals surface area contributed by atoms with E-state index < -0.39 is 0 Å². The number of carbonyl (C=O) groups excluding carboxylic acids is 1. The summed E-state index contributed by atoms with van der Waals surface area (Å²) in [6, 6.07) is 14.0. The fourth-order valence-corrected chi connectivity index (χ4v) is 3.98. The number of nitrogens with one attached hydrogen (secondary N) is 1. The van der Waals surface area contributed by atoms with Crippen LogP contribution in [0.4, 0.5) is 5.69 Å². The van der Waals surface area contributed by atoms with E-state index in [1.807, 2.05) is 48.9 Å². The highest BCUT2D eigenvalue weighted by molar-refractivity contribution is 7.99. The lowest BCUT2D eigenvalue weighted by molar-refractivity contribution is -0.113. The number of benzene rings is 2. The number of ether oxygens (including phenoxy) is 1. The lowest BCUT2D eigenvalue weighted by Gasteiger charge is -2.08. The lowest BCUT2D eigenvalue weighted by atomic mass is 10.0. The van der Waals surface area contributed by atoms with E-state index in [9.17, 15) is 4.79 Å². The molecule has 1 amide bonds. The first-order valence-corrected chi connectivity index (χ1v) is 11.0. The van der Waals surface area contributed by atoms with Gasteiger partial charge in [0.2, 0.25) is 5.91 Å². The highest BCUT2D eigenvalue weighted by Crippen LogP contribution is 2.20. The molecule has 0 spiro atoms. The smallest absolute Gasteiger partial charge is 0.234 e. The average molecular weight is 425 g/mol. The van der Waals surface area contributed by atoms with E-state index in [-0.39, 0.29) is 5.91 Å². The van der Waals surface area contributed by atoms with Gasteiger partial charge in [-0.25, -0.2) is 0 Å². The first kappa shape index (κ1) is 21.9. The van der Waals surface area contributed by atoms with Crippen LogP contribution in [-0.2, 0) is 24.7 Å². The number of aromatic nitrogens is 3. The fourth-order valence-electron chi connectivity index (χ4n) is 3.25. The fraction of sp³-hybridized carbons (Fsp3) is 0.348. The van der Waals surface area contributed by atoms with Crippen LogP contribution in [0.25, 0.3) is 0 Å². The van der Waals surface area contributed by atoms with Gasteiger partial charge in [-0.3, -0.25) is 4.79 Å². The topological polar surface area (TPSA) is 69.0 Å². The van der Waals surface area contributed by atoms with Crippen molar-refractivity contribution in [3.63, 3.8) is 0 Å². The van der Waals surface area contributed by atoms with Crippen molar-refractivity contribution in [2.45, 2.75) is 38.3 Å². The van der Waals surface area contributed by atoms with Gasteiger partial charge in [-0.05, 0) is 67.6 Å². The third-order valence-electron chi connectivity index (χ3n) is 4.96. The zero-order valence-corrected chi connectivity index (χ0v) is 18.8. The summed E-state index contributed by atoms with van der Waals surface area (Å²) in [5.41, 5.74) is 4.49. The number of methoxy groups -OCH3 is 1. The van der Waals surface area contributed by atoms with Gasteiger partial charge < -0.3 is 14.6 Å². The number of thioether (sulfide) groups is 1. The van der Waals surface area contributed by atoms with Gasteiger partial charge in [-0.1, -0.05) is 30.0 Å². The Morgan fingerprint density at radius 3 is 2.70 bits per heavy atom. The predicted octanol–water partition coefficient (Wildman–Crippen LogP) is 4.35. The van der Waals surface area contributed by atoms with Gasteiger partial charge in [0.1, 0.15) is 11.6 Å². The molecule has 3 aromatic rings. The summed E-state index contributed by atoms with van der Waals surface area (Å²) < 4.78 is 7.25. The second-order valence-electron chi connectivity index (χ2n) is 7.31. The van der Waals surface area contributed by atoms with Crippen LogP contribution in [0.5, 0.6) is 5.75 Å². The van der Waals surface area contributed by atoms with Crippen LogP contribution in [0.15, 0.2) is 47.6 Å². The minimum Gasteiger partial charge on any atom is -0.497 e. The third-order valence-corrected chi connectivity index (χ3v) is 5.98. The molecule has 2 aromatic carbocycles. The van der Waals surface area contributed by atoms with Gasteiger partial charge in [0.15, 0.2) is 5.16 Å². The summed E-state index contributed by atoms with van der Waals surface area (Å²) in [5.74, 6) is 2.07. The molecule has 0 aliphatic rings. The van der Waals surface area contributed by atoms with Crippen LogP contribution in [0.1, 0.15) is 28.9 Å². The molecule has 1 aromatic heterocycles. The molecule has 3 rings (SSSR count). The Labute approximate surface area is 182 Å². The molecule has 0 aliphatic carbocycles. The first-order chi connectivity index (χ1) is 14.5. The van der Waals surface area contributed by atoms with Crippen molar-refractivity contribution in [2.24, 2.45) is 7.05 Å². The Kier molecular flexibility index (Phi) is 7.52. The maximum absolute atomic E-state index is 12.2. The highest BCUT2D eigenvalue weighted by Gasteiger charge is 2.12. The average Bonchev–Trinajstić information content (AvgIpc) is 3.07. The van der Waals surface area contributed by atoms with E-state index in [4.69, 9.17) is 4.74 Å². The molecule has 0 radical (unpaired) electrons. The summed E-state index contributed by atoms with van der Waals surface area (Å²) in [6.07, 6.45) is 2.80. The molecule has 1 N–H and O–H groups in total. The Morgan fingerprint density at radius 1 is 1.13 bits per heavy atom. The molecular formula is C23H28N4O2S. The minimum atomic E-state index is -0.0508. The quantitative estimate of drug-likeness (QED) is 0.517. The number of nitrogens with zero attached hydrogens (tertiary/aromatic N) is 3. The van der Waals surface area contributed by atoms with Crippen molar-refractivity contribution < 1.29 is 9.53 Å². The molecule has 0 saturated carbocycles. The van der Waals surface area contributed by atoms with Gasteiger partial charge in [0, 0.05) is 19.2 Å². The third kappa shape index (κ3) is 5.86. The van der Waals surface area contributed by atoms with Crippen molar-refractivity contribution in [2.75, 3.05) is 18.2 Å². The molecule has 0 fully saturated rings. The Bertz CT molecular complexity index is 1020. The molecule has 0 unspecified atom stereocenters. The van der Waals surface area contributed by atoms with Gasteiger partial charge in [0.05, 0.1) is 12.9 Å². The molecular weight excluding hydrogens is 396 g/mol. The van der Waals surface area contributed by atoms with Crippen LogP contribution in [0.2, 0.25) is 0 Å². The summed E-state index contributed by atoms with van der Waals surface area (Å²) in [4.78, 5) is 12.2. The molecule has 0 saturated heterocycles. The zero-order valence-electron chi connectivity index (χ0n) is 17.9. The molecule has 0 bridgehead atoms. The van der Waals surface area contributed by atoms with E-state index in [0.29, 0.717) is 5.75 Å². The predicted molar refractivity (Wildman–Crippen MR) is 121 cm³/mol. The monoisotopic (exact) mass is 424 g/mol. The number of hydrogen-bond acceptors (Lipinski definition) is 5. The van der Waals surface area contributed by atoms with Crippen LogP contribution in [0, 0.1) is 13.8 Å². The van der Waals surface area contributed by atoms with Crippen LogP contribution >= 0.6 is 11.8 Å². The molecule has 30 heavy (non-hydrogen) atoms. The number of aryl methyl sites for hydroxylation is 4. The molecule has 0 atom stereocenters. The molecule has 6 nitrogen and oxygen atoms in total. The number of hydrogen-bond donors (Lipinski definition) is 1. The maximum atomic E-state index is 12.2. The van der Waals surface area contributed by atoms with E-state index >= 15 is 0 Å². The lowest BCUT2D eigenvalue weighted by Crippen LogP contribution is -2.14. The van der Waals surface area contributed by atoms with Crippen LogP contribution in [0.3, 0.4) is 0 Å². The molecule has 158 valence electrons. The Balaban J connectivity index is 1.49. The van der Waals surface area contributed by atoms with Crippen molar-refractivity contribution in [3.8, 4) is 5.75 Å². The molecule has 0 aliphatic heterocycles. The van der Waals surface area contributed by atoms with Gasteiger partial charge >= 0.3 is 0 Å². The molecule has 1 heterocycles. The van der Waals surface area contributed by atoms with Crippen molar-refractivity contribution in [1.82, 2.24) is 14.8 Å². The van der Waals surface area contributed by atoms with Crippen LogP contribution < -0.4 is 10.1 Å². The van der Waals surface area contributed by atoms with Gasteiger partial charge in [-0.2, -0.15) is 0 Å².